The summed E-state index contributed by atoms with van der Waals surface area (Å²) in [5, 5.41) is 13.7. The second kappa shape index (κ2) is 5.63. The average molecular weight is 281 g/mol. The predicted octanol–water partition coefficient (Wildman–Crippen LogP) is 2.31. The smallest absolute Gasteiger partial charge is 0.240 e. The van der Waals surface area contributed by atoms with Gasteiger partial charge < -0.3 is 15.0 Å². The van der Waals surface area contributed by atoms with E-state index < -0.39 is 0 Å². The molecule has 0 fully saturated rings. The summed E-state index contributed by atoms with van der Waals surface area (Å²) in [4.78, 5) is 11.8. The molecule has 0 radical (unpaired) electrons. The van der Waals surface area contributed by atoms with E-state index in [1.165, 1.54) is 0 Å². The fourth-order valence-electron chi connectivity index (χ4n) is 2.12. The van der Waals surface area contributed by atoms with E-state index in [2.05, 4.69) is 5.32 Å². The monoisotopic (exact) mass is 280 g/mol. The molecule has 1 aromatic heterocycles. The zero-order chi connectivity index (χ0) is 14.0. The highest BCUT2D eigenvalue weighted by Crippen LogP contribution is 2.24. The van der Waals surface area contributed by atoms with Crippen LogP contribution < -0.4 is 5.32 Å². The molecule has 0 saturated carbocycles. The predicted molar refractivity (Wildman–Crippen MR) is 76.1 cm³/mol. The van der Waals surface area contributed by atoms with Gasteiger partial charge in [-0.2, -0.15) is 0 Å². The second-order valence-corrected chi connectivity index (χ2v) is 5.26. The molecule has 4 nitrogen and oxygen atoms in total. The lowest BCUT2D eigenvalue weighted by atomic mass is 10.2. The van der Waals surface area contributed by atoms with Crippen LogP contribution in [0.4, 0.5) is 0 Å². The van der Waals surface area contributed by atoms with Gasteiger partial charge in [0.1, 0.15) is 6.54 Å². The van der Waals surface area contributed by atoms with Gasteiger partial charge in [0.05, 0.1) is 12.1 Å². The van der Waals surface area contributed by atoms with Gasteiger partial charge in [0.25, 0.3) is 0 Å². The van der Waals surface area contributed by atoms with E-state index >= 15 is 0 Å². The number of halogens is 1. The van der Waals surface area contributed by atoms with Gasteiger partial charge >= 0.3 is 0 Å². The molecule has 2 N–H and O–H groups in total. The molecule has 0 spiro atoms. The van der Waals surface area contributed by atoms with Crippen molar-refractivity contribution < 1.29 is 9.90 Å². The van der Waals surface area contributed by atoms with Gasteiger partial charge in [0.15, 0.2) is 0 Å². The molecular formula is C14H17ClN2O2. The zero-order valence-electron chi connectivity index (χ0n) is 11.0. The topological polar surface area (TPSA) is 54.3 Å². The first-order valence-corrected chi connectivity index (χ1v) is 6.56. The number of nitrogens with one attached hydrogen (secondary N) is 1. The van der Waals surface area contributed by atoms with Crippen molar-refractivity contribution in [2.75, 3.05) is 0 Å². The van der Waals surface area contributed by atoms with Gasteiger partial charge in [-0.05, 0) is 26.0 Å². The third-order valence-corrected chi connectivity index (χ3v) is 3.10. The number of hydrogen-bond acceptors (Lipinski definition) is 2. The maximum Gasteiger partial charge on any atom is 0.240 e. The molecule has 1 heterocycles. The summed E-state index contributed by atoms with van der Waals surface area (Å²) < 4.78 is 1.81. The van der Waals surface area contributed by atoms with E-state index in [0.717, 1.165) is 16.5 Å². The summed E-state index contributed by atoms with van der Waals surface area (Å²) in [5.74, 6) is -0.0589. The average Bonchev–Trinajstić information content (AvgIpc) is 2.65. The fraction of sp³-hybridized carbons (Fsp3) is 0.357. The van der Waals surface area contributed by atoms with E-state index in [4.69, 9.17) is 11.6 Å². The Morgan fingerprint density at radius 3 is 2.84 bits per heavy atom. The SMILES string of the molecule is CC(C)NC(=O)Cn1cc(CO)c2ccc(Cl)cc21. The molecule has 19 heavy (non-hydrogen) atoms. The number of aromatic nitrogens is 1. The molecule has 1 aromatic carbocycles. The summed E-state index contributed by atoms with van der Waals surface area (Å²) >= 11 is 5.99. The number of hydrogen-bond donors (Lipinski definition) is 2. The first kappa shape index (κ1) is 13.9. The lowest BCUT2D eigenvalue weighted by Gasteiger charge is -2.09. The largest absolute Gasteiger partial charge is 0.392 e. The molecular weight excluding hydrogens is 264 g/mol. The highest BCUT2D eigenvalue weighted by atomic mass is 35.5. The fourth-order valence-corrected chi connectivity index (χ4v) is 2.29. The highest BCUT2D eigenvalue weighted by Gasteiger charge is 2.11. The molecule has 5 heteroatoms. The van der Waals surface area contributed by atoms with Crippen LogP contribution in [0.5, 0.6) is 0 Å². The van der Waals surface area contributed by atoms with Gasteiger partial charge in [-0.25, -0.2) is 0 Å². The maximum absolute atomic E-state index is 11.8. The van der Waals surface area contributed by atoms with Crippen molar-refractivity contribution >= 4 is 28.4 Å². The van der Waals surface area contributed by atoms with E-state index in [1.54, 1.807) is 18.3 Å². The van der Waals surface area contributed by atoms with Crippen molar-refractivity contribution in [2.45, 2.75) is 33.0 Å². The molecule has 0 atom stereocenters. The van der Waals surface area contributed by atoms with Gasteiger partial charge in [-0.3, -0.25) is 4.79 Å². The van der Waals surface area contributed by atoms with Gasteiger partial charge in [0.2, 0.25) is 5.91 Å². The van der Waals surface area contributed by atoms with Crippen molar-refractivity contribution in [1.82, 2.24) is 9.88 Å². The summed E-state index contributed by atoms with van der Waals surface area (Å²) in [6.45, 7) is 4.00. The number of fused-ring (bicyclic) bond motifs is 1. The Hall–Kier alpha value is -1.52. The van der Waals surface area contributed by atoms with Crippen LogP contribution in [0.1, 0.15) is 19.4 Å². The third-order valence-electron chi connectivity index (χ3n) is 2.86. The lowest BCUT2D eigenvalue weighted by molar-refractivity contribution is -0.122. The third kappa shape index (κ3) is 3.08. The summed E-state index contributed by atoms with van der Waals surface area (Å²) in [5.41, 5.74) is 1.65. The number of amides is 1. The Kier molecular flexibility index (Phi) is 4.12. The highest BCUT2D eigenvalue weighted by molar-refractivity contribution is 6.31. The van der Waals surface area contributed by atoms with Crippen LogP contribution in [0.15, 0.2) is 24.4 Å². The normalized spacial score (nSPS) is 11.2. The number of aliphatic hydroxyl groups excluding tert-OH is 1. The first-order valence-electron chi connectivity index (χ1n) is 6.18. The Bertz CT molecular complexity index is 605. The van der Waals surface area contributed by atoms with Crippen LogP contribution in [0.2, 0.25) is 5.02 Å². The quantitative estimate of drug-likeness (QED) is 0.903. The Labute approximate surface area is 117 Å². The molecule has 0 unspecified atom stereocenters. The molecule has 2 aromatic rings. The molecule has 1 amide bonds. The van der Waals surface area contributed by atoms with Gasteiger partial charge in [-0.1, -0.05) is 17.7 Å². The van der Waals surface area contributed by atoms with Crippen molar-refractivity contribution in [3.8, 4) is 0 Å². The lowest BCUT2D eigenvalue weighted by Crippen LogP contribution is -2.32. The zero-order valence-corrected chi connectivity index (χ0v) is 11.7. The molecule has 0 aliphatic rings. The van der Waals surface area contributed by atoms with E-state index in [9.17, 15) is 9.90 Å². The summed E-state index contributed by atoms with van der Waals surface area (Å²) in [6.07, 6.45) is 1.79. The van der Waals surface area contributed by atoms with Crippen LogP contribution in [0.3, 0.4) is 0 Å². The van der Waals surface area contributed by atoms with Crippen molar-refractivity contribution in [2.24, 2.45) is 0 Å². The van der Waals surface area contributed by atoms with Crippen LogP contribution in [0, 0.1) is 0 Å². The molecule has 0 saturated heterocycles. The van der Waals surface area contributed by atoms with Crippen molar-refractivity contribution in [3.63, 3.8) is 0 Å². The molecule has 102 valence electrons. The van der Waals surface area contributed by atoms with Crippen LogP contribution in [-0.2, 0) is 17.9 Å². The number of aliphatic hydroxyl groups is 1. The summed E-state index contributed by atoms with van der Waals surface area (Å²) in [6, 6.07) is 5.55. The molecule has 0 aliphatic heterocycles. The second-order valence-electron chi connectivity index (χ2n) is 4.82. The number of rotatable bonds is 4. The standard InChI is InChI=1S/C14H17ClN2O2/c1-9(2)16-14(19)7-17-6-10(8-18)12-4-3-11(15)5-13(12)17/h3-6,9,18H,7-8H2,1-2H3,(H,16,19). The van der Waals surface area contributed by atoms with E-state index in [0.29, 0.717) is 5.02 Å². The minimum absolute atomic E-state index is 0.0586. The number of benzene rings is 1. The Balaban J connectivity index is 2.37. The minimum Gasteiger partial charge on any atom is -0.392 e. The van der Waals surface area contributed by atoms with Crippen LogP contribution in [0.25, 0.3) is 10.9 Å². The molecule has 0 aliphatic carbocycles. The number of carbonyl (C=O) groups is 1. The number of carbonyl (C=O) groups excluding carboxylic acids is 1. The molecule has 2 rings (SSSR count). The number of nitrogens with zero attached hydrogens (tertiary/aromatic N) is 1. The van der Waals surface area contributed by atoms with Crippen molar-refractivity contribution in [1.29, 1.82) is 0 Å². The van der Waals surface area contributed by atoms with Crippen LogP contribution >= 0.6 is 11.6 Å². The maximum atomic E-state index is 11.8. The van der Waals surface area contributed by atoms with E-state index in [1.807, 2.05) is 24.5 Å². The van der Waals surface area contributed by atoms with Gasteiger partial charge in [-0.15, -0.1) is 0 Å². The van der Waals surface area contributed by atoms with Crippen LogP contribution in [-0.4, -0.2) is 21.6 Å². The first-order chi connectivity index (χ1) is 9.01. The van der Waals surface area contributed by atoms with Crippen molar-refractivity contribution in [3.05, 3.63) is 35.0 Å². The Morgan fingerprint density at radius 1 is 1.47 bits per heavy atom. The molecule has 0 bridgehead atoms. The summed E-state index contributed by atoms with van der Waals surface area (Å²) in [7, 11) is 0. The van der Waals surface area contributed by atoms with Gasteiger partial charge in [0, 0.05) is 28.2 Å². The minimum atomic E-state index is -0.0589. The van der Waals surface area contributed by atoms with E-state index in [-0.39, 0.29) is 25.1 Å². The Morgan fingerprint density at radius 2 is 2.21 bits per heavy atom.